The van der Waals surface area contributed by atoms with Crippen LogP contribution < -0.4 is 15.1 Å². The second-order valence-electron chi connectivity index (χ2n) is 7.81. The summed E-state index contributed by atoms with van der Waals surface area (Å²) in [7, 11) is 0. The molecule has 0 radical (unpaired) electrons. The number of rotatable bonds is 8. The number of ether oxygens (including phenoxy) is 2. The number of amides is 1. The van der Waals surface area contributed by atoms with E-state index in [0.29, 0.717) is 31.5 Å². The van der Waals surface area contributed by atoms with E-state index in [4.69, 9.17) is 9.47 Å². The van der Waals surface area contributed by atoms with Gasteiger partial charge in [0.25, 0.3) is 0 Å². The Labute approximate surface area is 187 Å². The largest absolute Gasteiger partial charge is 0.476 e. The van der Waals surface area contributed by atoms with Gasteiger partial charge in [-0.2, -0.15) is 10.1 Å². The third kappa shape index (κ3) is 5.82. The van der Waals surface area contributed by atoms with Gasteiger partial charge in [0.05, 0.1) is 38.9 Å². The molecule has 4 rings (SSSR count). The zero-order chi connectivity index (χ0) is 22.3. The number of carbonyl (C=O) groups excluding carboxylic acids is 2. The molecule has 1 aromatic carbocycles. The number of nitrogens with zero attached hydrogens (tertiary/aromatic N) is 4. The van der Waals surface area contributed by atoms with Gasteiger partial charge in [-0.3, -0.25) is 15.0 Å². The number of pyridine rings is 1. The van der Waals surface area contributed by atoms with Crippen LogP contribution in [0.3, 0.4) is 0 Å². The number of ketones is 1. The van der Waals surface area contributed by atoms with Crippen molar-refractivity contribution in [3.63, 3.8) is 0 Å². The topological polar surface area (TPSA) is 96.4 Å². The van der Waals surface area contributed by atoms with Crippen molar-refractivity contribution in [1.82, 2.24) is 9.88 Å². The van der Waals surface area contributed by atoms with Crippen LogP contribution in [0.4, 0.5) is 11.5 Å². The molecular formula is C23H27N5O4. The lowest BCUT2D eigenvalue weighted by molar-refractivity contribution is -0.128. The molecule has 9 heteroatoms. The molecule has 2 saturated heterocycles. The van der Waals surface area contributed by atoms with Gasteiger partial charge in [0.2, 0.25) is 11.8 Å². The minimum Gasteiger partial charge on any atom is -0.476 e. The zero-order valence-corrected chi connectivity index (χ0v) is 18.1. The van der Waals surface area contributed by atoms with E-state index in [-0.39, 0.29) is 31.3 Å². The number of aromatic nitrogens is 1. The first-order chi connectivity index (χ1) is 15.6. The molecule has 0 atom stereocenters. The van der Waals surface area contributed by atoms with E-state index < -0.39 is 0 Å². The van der Waals surface area contributed by atoms with Crippen molar-refractivity contribution in [3.05, 3.63) is 47.5 Å². The Balaban J connectivity index is 1.44. The van der Waals surface area contributed by atoms with Gasteiger partial charge in [0.1, 0.15) is 6.61 Å². The number of hydrogen-bond donors (Lipinski definition) is 1. The van der Waals surface area contributed by atoms with Crippen molar-refractivity contribution >= 4 is 29.4 Å². The minimum absolute atomic E-state index is 0.0161. The summed E-state index contributed by atoms with van der Waals surface area (Å²) < 4.78 is 11.3. The molecular weight excluding hydrogens is 410 g/mol. The van der Waals surface area contributed by atoms with E-state index in [0.717, 1.165) is 29.9 Å². The van der Waals surface area contributed by atoms with Gasteiger partial charge in [-0.25, -0.2) is 0 Å². The first-order valence-electron chi connectivity index (χ1n) is 10.7. The molecule has 2 fully saturated rings. The summed E-state index contributed by atoms with van der Waals surface area (Å²) in [5.74, 6) is 0.780. The number of hydrazone groups is 1. The molecule has 2 aliphatic rings. The second-order valence-corrected chi connectivity index (χ2v) is 7.81. The maximum Gasteiger partial charge on any atom is 0.230 e. The van der Waals surface area contributed by atoms with E-state index in [1.165, 1.54) is 4.90 Å². The highest BCUT2D eigenvalue weighted by molar-refractivity contribution is 6.05. The van der Waals surface area contributed by atoms with Crippen LogP contribution in [-0.4, -0.2) is 73.8 Å². The van der Waals surface area contributed by atoms with Crippen molar-refractivity contribution in [2.45, 2.75) is 13.3 Å². The van der Waals surface area contributed by atoms with Gasteiger partial charge in [-0.15, -0.1) is 0 Å². The Morgan fingerprint density at radius 3 is 2.81 bits per heavy atom. The van der Waals surface area contributed by atoms with E-state index in [1.807, 2.05) is 43.3 Å². The van der Waals surface area contributed by atoms with Crippen LogP contribution in [0.5, 0.6) is 5.88 Å². The van der Waals surface area contributed by atoms with Crippen LogP contribution in [-0.2, 0) is 14.3 Å². The Hall–Kier alpha value is -3.46. The molecule has 0 unspecified atom stereocenters. The standard InChI is InChI=1S/C23H27N5O4/c1-17-3-2-4-18(11-17)15-24-26-21-12-19(27-5-8-31-9-6-27)13-22(25-21)32-10-7-28-16-20(29)14-23(28)30/h2-4,11-13,15H,5-10,14,16H2,1H3,(H,25,26). The van der Waals surface area contributed by atoms with E-state index in [9.17, 15) is 9.59 Å². The van der Waals surface area contributed by atoms with Crippen LogP contribution in [0.25, 0.3) is 0 Å². The summed E-state index contributed by atoms with van der Waals surface area (Å²) in [6.45, 7) is 5.68. The van der Waals surface area contributed by atoms with Crippen molar-refractivity contribution in [3.8, 4) is 5.88 Å². The molecule has 3 heterocycles. The number of hydrogen-bond acceptors (Lipinski definition) is 8. The number of benzene rings is 1. The number of morpholine rings is 1. The first kappa shape index (κ1) is 21.8. The van der Waals surface area contributed by atoms with Crippen LogP contribution in [0.1, 0.15) is 17.5 Å². The average Bonchev–Trinajstić information content (AvgIpc) is 3.11. The molecule has 32 heavy (non-hydrogen) atoms. The van der Waals surface area contributed by atoms with E-state index in [1.54, 1.807) is 6.21 Å². The summed E-state index contributed by atoms with van der Waals surface area (Å²) >= 11 is 0. The molecule has 1 N–H and O–H groups in total. The number of likely N-dealkylation sites (tertiary alicyclic amines) is 1. The number of Topliss-reactive ketones (excluding diaryl/α,β-unsaturated/α-hetero) is 1. The number of aryl methyl sites for hydroxylation is 1. The second kappa shape index (κ2) is 10.2. The van der Waals surface area contributed by atoms with Gasteiger partial charge in [0, 0.05) is 30.9 Å². The molecule has 0 spiro atoms. The summed E-state index contributed by atoms with van der Waals surface area (Å²) in [5, 5.41) is 4.32. The molecule has 0 aliphatic carbocycles. The Morgan fingerprint density at radius 1 is 1.22 bits per heavy atom. The third-order valence-corrected chi connectivity index (χ3v) is 5.28. The van der Waals surface area contributed by atoms with Gasteiger partial charge in [-0.05, 0) is 12.5 Å². The third-order valence-electron chi connectivity index (χ3n) is 5.28. The average molecular weight is 438 g/mol. The number of carbonyl (C=O) groups is 2. The predicted octanol–water partition coefficient (Wildman–Crippen LogP) is 1.85. The lowest BCUT2D eigenvalue weighted by atomic mass is 10.2. The molecule has 0 saturated carbocycles. The summed E-state index contributed by atoms with van der Waals surface area (Å²) in [5.41, 5.74) is 6.10. The monoisotopic (exact) mass is 437 g/mol. The lowest BCUT2D eigenvalue weighted by Gasteiger charge is -2.29. The number of nitrogens with one attached hydrogen (secondary N) is 1. The summed E-state index contributed by atoms with van der Waals surface area (Å²) in [4.78, 5) is 31.4. The van der Waals surface area contributed by atoms with Crippen LogP contribution >= 0.6 is 0 Å². The first-order valence-corrected chi connectivity index (χ1v) is 10.7. The smallest absolute Gasteiger partial charge is 0.230 e. The molecule has 1 aromatic heterocycles. The quantitative estimate of drug-likeness (QED) is 0.382. The maximum absolute atomic E-state index is 11.8. The highest BCUT2D eigenvalue weighted by atomic mass is 16.5. The number of anilines is 2. The highest BCUT2D eigenvalue weighted by Crippen LogP contribution is 2.25. The fourth-order valence-electron chi connectivity index (χ4n) is 3.65. The van der Waals surface area contributed by atoms with Gasteiger partial charge < -0.3 is 19.3 Å². The summed E-state index contributed by atoms with van der Waals surface area (Å²) in [6, 6.07) is 11.8. The molecule has 168 valence electrons. The van der Waals surface area contributed by atoms with Crippen LogP contribution in [0.15, 0.2) is 41.5 Å². The van der Waals surface area contributed by atoms with Crippen molar-refractivity contribution in [2.24, 2.45) is 5.10 Å². The molecule has 0 bridgehead atoms. The van der Waals surface area contributed by atoms with E-state index in [2.05, 4.69) is 20.4 Å². The maximum atomic E-state index is 11.8. The fourth-order valence-corrected chi connectivity index (χ4v) is 3.65. The molecule has 9 nitrogen and oxygen atoms in total. The summed E-state index contributed by atoms with van der Waals surface area (Å²) in [6.07, 6.45) is 1.73. The van der Waals surface area contributed by atoms with Gasteiger partial charge >= 0.3 is 0 Å². The van der Waals surface area contributed by atoms with Crippen molar-refractivity contribution < 1.29 is 19.1 Å². The molecule has 2 aliphatic heterocycles. The molecule has 2 aromatic rings. The van der Waals surface area contributed by atoms with E-state index >= 15 is 0 Å². The Morgan fingerprint density at radius 2 is 2.06 bits per heavy atom. The predicted molar refractivity (Wildman–Crippen MR) is 121 cm³/mol. The van der Waals surface area contributed by atoms with Gasteiger partial charge in [0.15, 0.2) is 11.6 Å². The normalized spacial score (nSPS) is 16.8. The Bertz CT molecular complexity index is 1000. The molecule has 1 amide bonds. The highest BCUT2D eigenvalue weighted by Gasteiger charge is 2.26. The van der Waals surface area contributed by atoms with Crippen molar-refractivity contribution in [1.29, 1.82) is 0 Å². The lowest BCUT2D eigenvalue weighted by Crippen LogP contribution is -2.36. The van der Waals surface area contributed by atoms with Gasteiger partial charge in [-0.1, -0.05) is 29.8 Å². The Kier molecular flexibility index (Phi) is 6.96. The van der Waals surface area contributed by atoms with Crippen LogP contribution in [0, 0.1) is 6.92 Å². The minimum atomic E-state index is -0.151. The van der Waals surface area contributed by atoms with Crippen molar-refractivity contribution in [2.75, 3.05) is 56.3 Å². The fraction of sp³-hybridized carbons (Fsp3) is 0.391. The zero-order valence-electron chi connectivity index (χ0n) is 18.1. The van der Waals surface area contributed by atoms with Crippen LogP contribution in [0.2, 0.25) is 0 Å². The SMILES string of the molecule is Cc1cccc(C=NNc2cc(N3CCOCC3)cc(OCCN3CC(=O)CC3=O)n2)c1.